The van der Waals surface area contributed by atoms with Crippen LogP contribution in [-0.4, -0.2) is 49.2 Å². The molecule has 138 valence electrons. The van der Waals surface area contributed by atoms with Gasteiger partial charge < -0.3 is 23.3 Å². The molecule has 0 N–H and O–H groups in total. The number of carbonyl (C=O) groups is 1. The number of aromatic nitrogens is 1. The third kappa shape index (κ3) is 3.97. The summed E-state index contributed by atoms with van der Waals surface area (Å²) in [4.78, 5) is 24.7. The molecule has 1 aliphatic heterocycles. The Morgan fingerprint density at radius 1 is 1.24 bits per heavy atom. The minimum absolute atomic E-state index is 0.0369. The Balaban J connectivity index is 2.46. The maximum Gasteiger partial charge on any atom is 0.496 e. The Morgan fingerprint density at radius 3 is 2.36 bits per heavy atom. The first-order valence-electron chi connectivity index (χ1n) is 8.39. The first-order valence-corrected chi connectivity index (χ1v) is 8.39. The third-order valence-electron chi connectivity index (χ3n) is 4.66. The van der Waals surface area contributed by atoms with Crippen LogP contribution < -0.4 is 11.0 Å². The topological polar surface area (TPSA) is 76.0 Å². The summed E-state index contributed by atoms with van der Waals surface area (Å²) in [5.74, 6) is -0.656. The van der Waals surface area contributed by atoms with Gasteiger partial charge in [-0.05, 0) is 46.1 Å². The molecule has 0 saturated carbocycles. The summed E-state index contributed by atoms with van der Waals surface area (Å²) in [6, 6.07) is 1.49. The second-order valence-electron chi connectivity index (χ2n) is 6.99. The van der Waals surface area contributed by atoms with Crippen LogP contribution in [0, 0.1) is 0 Å². The van der Waals surface area contributed by atoms with E-state index in [0.29, 0.717) is 18.6 Å². The van der Waals surface area contributed by atoms with Gasteiger partial charge in [0, 0.05) is 19.9 Å². The van der Waals surface area contributed by atoms with E-state index in [9.17, 15) is 9.59 Å². The number of esters is 1. The molecule has 0 spiro atoms. The SMILES string of the molecule is CCOC(=O)c1cc(B2OC(C)(C)C(C)(C)O2)cn(CCOC)c1=O. The van der Waals surface area contributed by atoms with Crippen molar-refractivity contribution in [2.45, 2.75) is 52.4 Å². The van der Waals surface area contributed by atoms with Crippen molar-refractivity contribution >= 4 is 18.6 Å². The highest BCUT2D eigenvalue weighted by Crippen LogP contribution is 2.36. The fraction of sp³-hybridized carbons (Fsp3) is 0.647. The maximum absolute atomic E-state index is 12.5. The zero-order valence-corrected chi connectivity index (χ0v) is 15.8. The maximum atomic E-state index is 12.5. The van der Waals surface area contributed by atoms with Gasteiger partial charge in [0.05, 0.1) is 24.4 Å². The van der Waals surface area contributed by atoms with Crippen molar-refractivity contribution in [1.82, 2.24) is 4.57 Å². The summed E-state index contributed by atoms with van der Waals surface area (Å²) in [7, 11) is 0.877. The van der Waals surface area contributed by atoms with Crippen LogP contribution in [0.3, 0.4) is 0 Å². The van der Waals surface area contributed by atoms with Crippen molar-refractivity contribution in [1.29, 1.82) is 0 Å². The molecule has 0 aromatic carbocycles. The Labute approximate surface area is 148 Å². The molecule has 25 heavy (non-hydrogen) atoms. The Kier molecular flexibility index (Phi) is 5.76. The lowest BCUT2D eigenvalue weighted by Crippen LogP contribution is -2.41. The first-order chi connectivity index (χ1) is 11.6. The van der Waals surface area contributed by atoms with E-state index in [1.807, 2.05) is 27.7 Å². The van der Waals surface area contributed by atoms with Crippen LogP contribution in [0.5, 0.6) is 0 Å². The van der Waals surface area contributed by atoms with Gasteiger partial charge in [0.25, 0.3) is 5.56 Å². The van der Waals surface area contributed by atoms with E-state index in [1.165, 1.54) is 10.6 Å². The quantitative estimate of drug-likeness (QED) is 0.562. The molecule has 2 heterocycles. The van der Waals surface area contributed by atoms with Crippen molar-refractivity contribution in [2.24, 2.45) is 0 Å². The van der Waals surface area contributed by atoms with Gasteiger partial charge in [-0.3, -0.25) is 4.79 Å². The first kappa shape index (κ1) is 19.7. The number of nitrogens with zero attached hydrogens (tertiary/aromatic N) is 1. The van der Waals surface area contributed by atoms with Crippen LogP contribution in [-0.2, 0) is 25.3 Å². The lowest BCUT2D eigenvalue weighted by atomic mass is 9.79. The highest BCUT2D eigenvalue weighted by molar-refractivity contribution is 6.62. The lowest BCUT2D eigenvalue weighted by Gasteiger charge is -2.32. The molecule has 1 fully saturated rings. The van der Waals surface area contributed by atoms with Gasteiger partial charge >= 0.3 is 13.1 Å². The number of carbonyl (C=O) groups excluding carboxylic acids is 1. The number of methoxy groups -OCH3 is 1. The molecule has 1 aliphatic rings. The van der Waals surface area contributed by atoms with Crippen LogP contribution in [0.2, 0.25) is 0 Å². The molecule has 0 amide bonds. The number of hydrogen-bond acceptors (Lipinski definition) is 6. The fourth-order valence-corrected chi connectivity index (χ4v) is 2.48. The van der Waals surface area contributed by atoms with Crippen molar-refractivity contribution in [3.63, 3.8) is 0 Å². The van der Waals surface area contributed by atoms with Crippen LogP contribution >= 0.6 is 0 Å². The molecule has 1 saturated heterocycles. The average Bonchev–Trinajstić information content (AvgIpc) is 2.74. The largest absolute Gasteiger partial charge is 0.496 e. The van der Waals surface area contributed by atoms with Crippen LogP contribution in [0.1, 0.15) is 45.0 Å². The summed E-state index contributed by atoms with van der Waals surface area (Å²) in [6.07, 6.45) is 1.65. The van der Waals surface area contributed by atoms with Crippen molar-refractivity contribution in [2.75, 3.05) is 20.3 Å². The van der Waals surface area contributed by atoms with Crippen LogP contribution in [0.25, 0.3) is 0 Å². The lowest BCUT2D eigenvalue weighted by molar-refractivity contribution is 0.00578. The van der Waals surface area contributed by atoms with E-state index in [1.54, 1.807) is 20.2 Å². The van der Waals surface area contributed by atoms with Crippen LogP contribution in [0.4, 0.5) is 0 Å². The van der Waals surface area contributed by atoms with Gasteiger partial charge in [0.2, 0.25) is 0 Å². The molecule has 8 heteroatoms. The molecule has 2 rings (SSSR count). The highest BCUT2D eigenvalue weighted by Gasteiger charge is 2.52. The van der Waals surface area contributed by atoms with E-state index in [4.69, 9.17) is 18.8 Å². The van der Waals surface area contributed by atoms with Gasteiger partial charge in [-0.15, -0.1) is 0 Å². The molecule has 0 radical (unpaired) electrons. The van der Waals surface area contributed by atoms with E-state index in [0.717, 1.165) is 0 Å². The molecular weight excluding hydrogens is 325 g/mol. The van der Waals surface area contributed by atoms with Crippen molar-refractivity contribution in [3.05, 3.63) is 28.2 Å². The van der Waals surface area contributed by atoms with Crippen molar-refractivity contribution < 1.29 is 23.6 Å². The molecule has 7 nitrogen and oxygen atoms in total. The number of rotatable bonds is 6. The number of hydrogen-bond donors (Lipinski definition) is 0. The van der Waals surface area contributed by atoms with E-state index >= 15 is 0 Å². The standard InChI is InChI=1S/C17H26BNO6/c1-7-23-15(21)13-10-12(11-19(14(13)20)8-9-22-6)18-24-16(2,3)17(4,5)25-18/h10-11H,7-9H2,1-6H3. The minimum atomic E-state index is -0.674. The molecule has 0 unspecified atom stereocenters. The van der Waals surface area contributed by atoms with Gasteiger partial charge in [0.15, 0.2) is 0 Å². The van der Waals surface area contributed by atoms with Gasteiger partial charge in [-0.2, -0.15) is 0 Å². The Hall–Kier alpha value is -1.64. The summed E-state index contributed by atoms with van der Waals surface area (Å²) >= 11 is 0. The van der Waals surface area contributed by atoms with Gasteiger partial charge in [-0.25, -0.2) is 4.79 Å². The second kappa shape index (κ2) is 7.31. The summed E-state index contributed by atoms with van der Waals surface area (Å²) in [6.45, 7) is 10.3. The summed E-state index contributed by atoms with van der Waals surface area (Å²) in [5, 5.41) is 0. The zero-order chi connectivity index (χ0) is 18.8. The normalized spacial score (nSPS) is 18.4. The monoisotopic (exact) mass is 351 g/mol. The van der Waals surface area contributed by atoms with Gasteiger partial charge in [0.1, 0.15) is 5.56 Å². The third-order valence-corrected chi connectivity index (χ3v) is 4.66. The minimum Gasteiger partial charge on any atom is -0.462 e. The predicted octanol–water partition coefficient (Wildman–Crippen LogP) is 0.971. The number of pyridine rings is 1. The average molecular weight is 351 g/mol. The zero-order valence-electron chi connectivity index (χ0n) is 15.8. The fourth-order valence-electron chi connectivity index (χ4n) is 2.48. The summed E-state index contributed by atoms with van der Waals surface area (Å²) in [5.41, 5.74) is -0.900. The molecule has 0 atom stereocenters. The molecular formula is C17H26BNO6. The number of ether oxygens (including phenoxy) is 2. The van der Waals surface area contributed by atoms with E-state index < -0.39 is 29.8 Å². The Bertz CT molecular complexity index is 681. The molecule has 0 bridgehead atoms. The summed E-state index contributed by atoms with van der Waals surface area (Å²) < 4.78 is 23.5. The van der Waals surface area contributed by atoms with Crippen LogP contribution in [0.15, 0.2) is 17.1 Å². The Morgan fingerprint density at radius 2 is 1.84 bits per heavy atom. The predicted molar refractivity (Wildman–Crippen MR) is 94.3 cm³/mol. The van der Waals surface area contributed by atoms with E-state index in [-0.39, 0.29) is 12.2 Å². The highest BCUT2D eigenvalue weighted by atomic mass is 16.7. The molecule has 1 aromatic heterocycles. The van der Waals surface area contributed by atoms with Crippen molar-refractivity contribution in [3.8, 4) is 0 Å². The smallest absolute Gasteiger partial charge is 0.462 e. The van der Waals surface area contributed by atoms with E-state index in [2.05, 4.69) is 0 Å². The molecule has 0 aliphatic carbocycles. The van der Waals surface area contributed by atoms with Gasteiger partial charge in [-0.1, -0.05) is 0 Å². The molecule has 1 aromatic rings. The second-order valence-corrected chi connectivity index (χ2v) is 6.99.